The van der Waals surface area contributed by atoms with Crippen LogP contribution in [0, 0.1) is 5.41 Å². The van der Waals surface area contributed by atoms with Gasteiger partial charge < -0.3 is 0 Å². The Morgan fingerprint density at radius 1 is 0.871 bits per heavy atom. The third-order valence-corrected chi connectivity index (χ3v) is 8.12. The van der Waals surface area contributed by atoms with Crippen molar-refractivity contribution in [1.82, 2.24) is 9.97 Å². The summed E-state index contributed by atoms with van der Waals surface area (Å²) in [5.41, 5.74) is 4.55. The number of benzene rings is 3. The highest BCUT2D eigenvalue weighted by atomic mass is 32.1. The molecule has 4 heteroatoms. The van der Waals surface area contributed by atoms with E-state index < -0.39 is 0 Å². The quantitative estimate of drug-likeness (QED) is 0.270. The first-order valence-electron chi connectivity index (χ1n) is 11.0. The van der Waals surface area contributed by atoms with Gasteiger partial charge in [-0.2, -0.15) is 0 Å². The molecule has 152 valence electrons. The van der Waals surface area contributed by atoms with Crippen LogP contribution in [0.4, 0.5) is 0 Å². The Bertz CT molecular complexity index is 1650. The van der Waals surface area contributed by atoms with Crippen LogP contribution in [0.5, 0.6) is 0 Å². The number of nitrogens with zero attached hydrogens (tertiary/aromatic N) is 2. The lowest BCUT2D eigenvalue weighted by atomic mass is 9.88. The highest BCUT2D eigenvalue weighted by molar-refractivity contribution is 7.36. The molecular formula is C27H22N2S2. The number of hydrogen-bond acceptors (Lipinski definition) is 4. The Morgan fingerprint density at radius 2 is 1.71 bits per heavy atom. The first kappa shape index (κ1) is 17.8. The lowest BCUT2D eigenvalue weighted by Crippen LogP contribution is -2.08. The molecule has 0 amide bonds. The number of thiophene rings is 2. The first-order valence-corrected chi connectivity index (χ1v) is 12.1. The van der Waals surface area contributed by atoms with E-state index in [2.05, 4.69) is 61.1 Å². The maximum Gasteiger partial charge on any atom is 0.116 e. The Labute approximate surface area is 190 Å². The molecule has 2 nitrogen and oxygen atoms in total. The van der Waals surface area contributed by atoms with Crippen LogP contribution in [-0.2, 0) is 6.42 Å². The van der Waals surface area contributed by atoms with Crippen molar-refractivity contribution in [3.05, 3.63) is 72.5 Å². The topological polar surface area (TPSA) is 25.8 Å². The fraction of sp³-hybridized carbons (Fsp3) is 0.185. The molecule has 0 aliphatic heterocycles. The fourth-order valence-electron chi connectivity index (χ4n) is 4.30. The molecule has 0 spiro atoms. The van der Waals surface area contributed by atoms with Gasteiger partial charge in [0.15, 0.2) is 0 Å². The molecular weight excluding hydrogens is 416 g/mol. The summed E-state index contributed by atoms with van der Waals surface area (Å²) in [6.45, 7) is 6.85. The van der Waals surface area contributed by atoms with Crippen molar-refractivity contribution in [3.8, 4) is 11.3 Å². The van der Waals surface area contributed by atoms with Gasteiger partial charge in [0.05, 0.1) is 21.2 Å². The van der Waals surface area contributed by atoms with E-state index in [1.807, 2.05) is 35.6 Å². The van der Waals surface area contributed by atoms with Crippen molar-refractivity contribution < 1.29 is 1.37 Å². The molecule has 0 saturated carbocycles. The molecule has 6 aromatic rings. The standard InChI is InChI=1S/C27H22N2S2/c1-27(2,3)14-16-8-11-21-20(12-16)24-26(30-21)23-25(31-24)22(28-15-29-23)19-10-9-17-6-4-5-7-18(17)13-19/h4-13,15H,14H2,1-3H3/i9D. The fourth-order valence-corrected chi connectivity index (χ4v) is 6.95. The van der Waals surface area contributed by atoms with Gasteiger partial charge in [-0.15, -0.1) is 22.7 Å². The van der Waals surface area contributed by atoms with Crippen LogP contribution >= 0.6 is 22.7 Å². The zero-order chi connectivity index (χ0) is 22.0. The lowest BCUT2D eigenvalue weighted by molar-refractivity contribution is 0.411. The highest BCUT2D eigenvalue weighted by Gasteiger charge is 2.18. The van der Waals surface area contributed by atoms with E-state index in [1.165, 1.54) is 25.0 Å². The first-order chi connectivity index (χ1) is 15.4. The van der Waals surface area contributed by atoms with E-state index in [-0.39, 0.29) is 5.41 Å². The van der Waals surface area contributed by atoms with Crippen LogP contribution in [-0.4, -0.2) is 9.97 Å². The summed E-state index contributed by atoms with van der Waals surface area (Å²) >= 11 is 3.60. The van der Waals surface area contributed by atoms with E-state index in [4.69, 9.17) is 1.37 Å². The molecule has 0 aliphatic rings. The molecule has 0 aliphatic carbocycles. The summed E-state index contributed by atoms with van der Waals surface area (Å²) in [6, 6.07) is 19.5. The van der Waals surface area contributed by atoms with Crippen molar-refractivity contribution in [2.75, 3.05) is 0 Å². The van der Waals surface area contributed by atoms with Gasteiger partial charge in [0.25, 0.3) is 0 Å². The normalized spacial score (nSPS) is 12.9. The van der Waals surface area contributed by atoms with Crippen LogP contribution in [0.3, 0.4) is 0 Å². The van der Waals surface area contributed by atoms with Gasteiger partial charge >= 0.3 is 0 Å². The second-order valence-corrected chi connectivity index (χ2v) is 11.4. The summed E-state index contributed by atoms with van der Waals surface area (Å²) in [7, 11) is 0. The van der Waals surface area contributed by atoms with Gasteiger partial charge in [0.1, 0.15) is 11.8 Å². The monoisotopic (exact) mass is 439 g/mol. The van der Waals surface area contributed by atoms with E-state index in [9.17, 15) is 0 Å². The minimum Gasteiger partial charge on any atom is -0.235 e. The van der Waals surface area contributed by atoms with Gasteiger partial charge in [-0.05, 0) is 46.4 Å². The molecule has 31 heavy (non-hydrogen) atoms. The SMILES string of the molecule is [2H]c1cc(-c2ncnc3c2sc2c4cc(CC(C)(C)C)ccc4sc32)cc2ccccc12. The Balaban J connectivity index is 1.59. The molecule has 0 atom stereocenters. The zero-order valence-corrected chi connectivity index (χ0v) is 19.3. The van der Waals surface area contributed by atoms with E-state index >= 15 is 0 Å². The number of hydrogen-bond donors (Lipinski definition) is 0. The van der Waals surface area contributed by atoms with Gasteiger partial charge in [-0.3, -0.25) is 0 Å². The summed E-state index contributed by atoms with van der Waals surface area (Å²) in [4.78, 5) is 9.35. The average molecular weight is 440 g/mol. The predicted molar refractivity (Wildman–Crippen MR) is 136 cm³/mol. The molecule has 3 heterocycles. The Kier molecular flexibility index (Phi) is 3.93. The number of fused-ring (bicyclic) bond motifs is 6. The average Bonchev–Trinajstić information content (AvgIpc) is 3.29. The largest absolute Gasteiger partial charge is 0.235 e. The van der Waals surface area contributed by atoms with E-state index in [1.54, 1.807) is 17.7 Å². The minimum atomic E-state index is 0.256. The van der Waals surface area contributed by atoms with Crippen molar-refractivity contribution in [3.63, 3.8) is 0 Å². The second kappa shape index (κ2) is 6.84. The summed E-state index contributed by atoms with van der Waals surface area (Å²) in [6.07, 6.45) is 2.72. The van der Waals surface area contributed by atoms with Crippen LogP contribution in [0.1, 0.15) is 27.7 Å². The lowest BCUT2D eigenvalue weighted by Gasteiger charge is -2.18. The summed E-state index contributed by atoms with van der Waals surface area (Å²) in [5.74, 6) is 0. The molecule has 0 bridgehead atoms. The van der Waals surface area contributed by atoms with E-state index in [0.29, 0.717) is 6.04 Å². The smallest absolute Gasteiger partial charge is 0.116 e. The van der Waals surface area contributed by atoms with Crippen LogP contribution in [0.15, 0.2) is 67.0 Å². The van der Waals surface area contributed by atoms with Gasteiger partial charge in [0, 0.05) is 15.6 Å². The maximum absolute atomic E-state index is 8.50. The Morgan fingerprint density at radius 3 is 2.55 bits per heavy atom. The van der Waals surface area contributed by atoms with Crippen LogP contribution in [0.25, 0.3) is 51.7 Å². The molecule has 0 radical (unpaired) electrons. The van der Waals surface area contributed by atoms with Crippen molar-refractivity contribution in [1.29, 1.82) is 0 Å². The molecule has 0 fully saturated rings. The Hall–Kier alpha value is -2.82. The molecule has 6 rings (SSSR count). The predicted octanol–water partition coefficient (Wildman–Crippen LogP) is 8.47. The molecule has 0 saturated heterocycles. The third kappa shape index (κ3) is 3.22. The van der Waals surface area contributed by atoms with Crippen LogP contribution < -0.4 is 0 Å². The second-order valence-electron chi connectivity index (χ2n) is 9.31. The van der Waals surface area contributed by atoms with Gasteiger partial charge in [0.2, 0.25) is 0 Å². The maximum atomic E-state index is 8.50. The summed E-state index contributed by atoms with van der Waals surface area (Å²) in [5, 5.41) is 3.35. The molecule has 3 aromatic heterocycles. The summed E-state index contributed by atoms with van der Waals surface area (Å²) < 4.78 is 13.5. The van der Waals surface area contributed by atoms with Gasteiger partial charge in [-0.25, -0.2) is 9.97 Å². The molecule has 0 unspecified atom stereocenters. The van der Waals surface area contributed by atoms with Gasteiger partial charge in [-0.1, -0.05) is 63.2 Å². The number of rotatable bonds is 2. The van der Waals surface area contributed by atoms with Crippen molar-refractivity contribution in [2.24, 2.45) is 5.41 Å². The van der Waals surface area contributed by atoms with Crippen molar-refractivity contribution in [2.45, 2.75) is 27.2 Å². The third-order valence-electron chi connectivity index (χ3n) is 5.59. The molecule has 0 N–H and O–H groups in total. The van der Waals surface area contributed by atoms with E-state index in [0.717, 1.165) is 38.7 Å². The number of aromatic nitrogens is 2. The highest BCUT2D eigenvalue weighted by Crippen LogP contribution is 2.46. The van der Waals surface area contributed by atoms with Crippen LogP contribution in [0.2, 0.25) is 0 Å². The van der Waals surface area contributed by atoms with Crippen molar-refractivity contribution >= 4 is 63.1 Å². The molecule has 3 aromatic carbocycles. The minimum absolute atomic E-state index is 0.256. The zero-order valence-electron chi connectivity index (χ0n) is 18.7.